The highest BCUT2D eigenvalue weighted by Gasteiger charge is 2.55. The number of amides is 4. The molecular formula is C28H30ClFN4O5. The first-order chi connectivity index (χ1) is 18.7. The third kappa shape index (κ3) is 5.35. The second kappa shape index (κ2) is 10.9. The van der Waals surface area contributed by atoms with Crippen LogP contribution in [0.1, 0.15) is 40.5 Å². The summed E-state index contributed by atoms with van der Waals surface area (Å²) in [4.78, 5) is 58.9. The Kier molecular flexibility index (Phi) is 7.59. The molecule has 0 radical (unpaired) electrons. The first-order valence-electron chi connectivity index (χ1n) is 13.0. The van der Waals surface area contributed by atoms with Crippen LogP contribution in [0.3, 0.4) is 0 Å². The Morgan fingerprint density at radius 3 is 2.10 bits per heavy atom. The molecule has 3 fully saturated rings. The van der Waals surface area contributed by atoms with Crippen LogP contribution in [0.5, 0.6) is 0 Å². The Morgan fingerprint density at radius 2 is 1.49 bits per heavy atom. The van der Waals surface area contributed by atoms with E-state index in [1.165, 1.54) is 36.1 Å². The fourth-order valence-electron chi connectivity index (χ4n) is 5.60. The largest absolute Gasteiger partial charge is 0.353 e. The van der Waals surface area contributed by atoms with E-state index < -0.39 is 23.5 Å². The minimum absolute atomic E-state index is 0.0148. The topological polar surface area (TPSA) is 90.5 Å². The zero-order chi connectivity index (χ0) is 27.7. The van der Waals surface area contributed by atoms with Gasteiger partial charge in [-0.05, 0) is 42.5 Å². The van der Waals surface area contributed by atoms with Crippen molar-refractivity contribution >= 4 is 35.2 Å². The van der Waals surface area contributed by atoms with E-state index in [1.54, 1.807) is 39.0 Å². The number of hydrogen-bond acceptors (Lipinski definition) is 5. The van der Waals surface area contributed by atoms with E-state index >= 15 is 0 Å². The van der Waals surface area contributed by atoms with Crippen molar-refractivity contribution in [1.82, 2.24) is 19.6 Å². The highest BCUT2D eigenvalue weighted by Crippen LogP contribution is 2.39. The van der Waals surface area contributed by atoms with Crippen molar-refractivity contribution < 1.29 is 28.3 Å². The molecule has 3 aliphatic rings. The third-order valence-corrected chi connectivity index (χ3v) is 8.03. The maximum absolute atomic E-state index is 13.8. The summed E-state index contributed by atoms with van der Waals surface area (Å²) in [6.45, 7) is 3.72. The van der Waals surface area contributed by atoms with Crippen LogP contribution in [0.2, 0.25) is 5.02 Å². The van der Waals surface area contributed by atoms with E-state index in [1.807, 2.05) is 0 Å². The van der Waals surface area contributed by atoms with Crippen molar-refractivity contribution in [1.29, 1.82) is 0 Å². The second-order valence-electron chi connectivity index (χ2n) is 10.1. The highest BCUT2D eigenvalue weighted by atomic mass is 35.5. The van der Waals surface area contributed by atoms with Crippen LogP contribution >= 0.6 is 11.6 Å². The predicted octanol–water partition coefficient (Wildman–Crippen LogP) is 2.64. The first kappa shape index (κ1) is 27.1. The van der Waals surface area contributed by atoms with Gasteiger partial charge in [0.05, 0.1) is 6.61 Å². The predicted molar refractivity (Wildman–Crippen MR) is 140 cm³/mol. The maximum Gasteiger partial charge on any atom is 0.256 e. The summed E-state index contributed by atoms with van der Waals surface area (Å²) >= 11 is 6.07. The minimum Gasteiger partial charge on any atom is -0.353 e. The summed E-state index contributed by atoms with van der Waals surface area (Å²) in [6.07, 6.45) is 0.627. The summed E-state index contributed by atoms with van der Waals surface area (Å²) in [6, 6.07) is 11.1. The van der Waals surface area contributed by atoms with Crippen molar-refractivity contribution in [2.45, 2.75) is 31.5 Å². The molecule has 39 heavy (non-hydrogen) atoms. The van der Waals surface area contributed by atoms with Gasteiger partial charge in [-0.3, -0.25) is 24.1 Å². The molecule has 3 aliphatic heterocycles. The Bertz CT molecular complexity index is 1270. The quantitative estimate of drug-likeness (QED) is 0.580. The Morgan fingerprint density at radius 1 is 0.846 bits per heavy atom. The van der Waals surface area contributed by atoms with E-state index in [0.717, 1.165) is 0 Å². The van der Waals surface area contributed by atoms with Crippen LogP contribution < -0.4 is 0 Å². The van der Waals surface area contributed by atoms with E-state index in [0.29, 0.717) is 62.7 Å². The van der Waals surface area contributed by atoms with Crippen molar-refractivity contribution in [3.8, 4) is 0 Å². The number of carbonyl (C=O) groups is 4. The van der Waals surface area contributed by atoms with E-state index in [-0.39, 0.29) is 29.9 Å². The molecule has 9 nitrogen and oxygen atoms in total. The number of halogens is 2. The average Bonchev–Trinajstić information content (AvgIpc) is 3.31. The molecule has 0 bridgehead atoms. The number of nitrogens with zero attached hydrogens (tertiary/aromatic N) is 4. The average molecular weight is 557 g/mol. The molecule has 0 saturated carbocycles. The van der Waals surface area contributed by atoms with Gasteiger partial charge in [0.15, 0.2) is 0 Å². The van der Waals surface area contributed by atoms with Crippen molar-refractivity contribution in [2.75, 3.05) is 45.9 Å². The Hall–Kier alpha value is -3.50. The van der Waals surface area contributed by atoms with Crippen molar-refractivity contribution in [2.24, 2.45) is 0 Å². The second-order valence-corrected chi connectivity index (χ2v) is 10.5. The zero-order valence-corrected chi connectivity index (χ0v) is 22.4. The van der Waals surface area contributed by atoms with Gasteiger partial charge < -0.3 is 19.4 Å². The van der Waals surface area contributed by atoms with Gasteiger partial charge in [-0.25, -0.2) is 4.39 Å². The molecule has 206 valence electrons. The highest BCUT2D eigenvalue weighted by molar-refractivity contribution is 6.31. The number of benzene rings is 2. The van der Waals surface area contributed by atoms with Crippen LogP contribution in [0, 0.1) is 5.82 Å². The number of ether oxygens (including phenoxy) is 1. The third-order valence-electron chi connectivity index (χ3n) is 7.80. The van der Waals surface area contributed by atoms with Gasteiger partial charge in [0, 0.05) is 75.2 Å². The van der Waals surface area contributed by atoms with Gasteiger partial charge in [-0.1, -0.05) is 17.7 Å². The fourth-order valence-corrected chi connectivity index (χ4v) is 5.79. The standard InChI is InChI=1S/C28H30ClFN4O5/c1-19(35)31-13-15-33(16-14-31)27(38)24-18-39-28(34(24)26(37)20-5-7-23(30)8-6-20)9-11-32(12-10-28)25(36)21-3-2-4-22(29)17-21/h2-8,17,24H,9-16,18H2,1H3. The zero-order valence-electron chi connectivity index (χ0n) is 21.6. The molecule has 1 spiro atoms. The molecule has 1 unspecified atom stereocenters. The number of hydrogen-bond donors (Lipinski definition) is 0. The molecule has 2 aromatic rings. The molecule has 0 aliphatic carbocycles. The van der Waals surface area contributed by atoms with Crippen LogP contribution in [0.25, 0.3) is 0 Å². The summed E-state index contributed by atoms with van der Waals surface area (Å²) in [5.74, 6) is -1.36. The molecule has 2 aromatic carbocycles. The van der Waals surface area contributed by atoms with Gasteiger partial charge in [-0.15, -0.1) is 0 Å². The number of piperidine rings is 1. The lowest BCUT2D eigenvalue weighted by molar-refractivity contribution is -0.142. The van der Waals surface area contributed by atoms with Gasteiger partial charge >= 0.3 is 0 Å². The van der Waals surface area contributed by atoms with Gasteiger partial charge in [0.2, 0.25) is 11.8 Å². The van der Waals surface area contributed by atoms with Crippen LogP contribution in [0.15, 0.2) is 48.5 Å². The smallest absolute Gasteiger partial charge is 0.256 e. The maximum atomic E-state index is 13.8. The minimum atomic E-state index is -1.09. The number of likely N-dealkylation sites (tertiary alicyclic amines) is 1. The van der Waals surface area contributed by atoms with Gasteiger partial charge in [0.25, 0.3) is 11.8 Å². The van der Waals surface area contributed by atoms with E-state index in [9.17, 15) is 23.6 Å². The van der Waals surface area contributed by atoms with E-state index in [4.69, 9.17) is 16.3 Å². The lowest BCUT2D eigenvalue weighted by Crippen LogP contribution is -2.61. The number of piperazine rings is 1. The molecule has 3 heterocycles. The monoisotopic (exact) mass is 556 g/mol. The lowest BCUT2D eigenvalue weighted by Gasteiger charge is -2.45. The van der Waals surface area contributed by atoms with Crippen LogP contribution in [-0.2, 0) is 14.3 Å². The first-order valence-corrected chi connectivity index (χ1v) is 13.4. The van der Waals surface area contributed by atoms with Crippen molar-refractivity contribution in [3.05, 3.63) is 70.5 Å². The van der Waals surface area contributed by atoms with E-state index in [2.05, 4.69) is 0 Å². The number of carbonyl (C=O) groups excluding carboxylic acids is 4. The fraction of sp³-hybridized carbons (Fsp3) is 0.429. The van der Waals surface area contributed by atoms with Gasteiger partial charge in [-0.2, -0.15) is 0 Å². The lowest BCUT2D eigenvalue weighted by atomic mass is 9.96. The SMILES string of the molecule is CC(=O)N1CCN(C(=O)C2COC3(CCN(C(=O)c4cccc(Cl)c4)CC3)N2C(=O)c2ccc(F)cc2)CC1. The molecule has 11 heteroatoms. The number of rotatable bonds is 3. The van der Waals surface area contributed by atoms with Crippen LogP contribution in [0.4, 0.5) is 4.39 Å². The molecule has 4 amide bonds. The Balaban J connectivity index is 1.37. The molecule has 1 atom stereocenters. The summed E-state index contributed by atoms with van der Waals surface area (Å²) in [5.41, 5.74) is -0.362. The molecule has 0 aromatic heterocycles. The molecular weight excluding hydrogens is 527 g/mol. The summed E-state index contributed by atoms with van der Waals surface area (Å²) in [5, 5.41) is 0.468. The summed E-state index contributed by atoms with van der Waals surface area (Å²) in [7, 11) is 0. The van der Waals surface area contributed by atoms with Crippen LogP contribution in [-0.4, -0.2) is 101 Å². The normalized spacial score (nSPS) is 20.8. The molecule has 0 N–H and O–H groups in total. The van der Waals surface area contributed by atoms with Gasteiger partial charge in [0.1, 0.15) is 17.6 Å². The van der Waals surface area contributed by atoms with Crippen molar-refractivity contribution in [3.63, 3.8) is 0 Å². The molecule has 5 rings (SSSR count). The summed E-state index contributed by atoms with van der Waals surface area (Å²) < 4.78 is 19.9. The Labute approximate surface area is 231 Å². The molecule has 3 saturated heterocycles.